The number of benzene rings is 1. The van der Waals surface area contributed by atoms with Gasteiger partial charge in [0, 0.05) is 12.5 Å². The Labute approximate surface area is 122 Å². The third kappa shape index (κ3) is 4.41. The van der Waals surface area contributed by atoms with E-state index in [2.05, 4.69) is 37.4 Å². The van der Waals surface area contributed by atoms with Crippen LogP contribution in [0.25, 0.3) is 0 Å². The molecule has 20 heavy (non-hydrogen) atoms. The van der Waals surface area contributed by atoms with E-state index < -0.39 is 0 Å². The summed E-state index contributed by atoms with van der Waals surface area (Å²) in [5.41, 5.74) is 1.34. The highest BCUT2D eigenvalue weighted by Crippen LogP contribution is 2.30. The molecule has 1 unspecified atom stereocenters. The molecule has 3 heteroatoms. The molecule has 1 aliphatic heterocycles. The highest BCUT2D eigenvalue weighted by Gasteiger charge is 2.12. The van der Waals surface area contributed by atoms with E-state index in [0.717, 1.165) is 44.1 Å². The Hall–Kier alpha value is -1.22. The van der Waals surface area contributed by atoms with Gasteiger partial charge < -0.3 is 14.8 Å². The van der Waals surface area contributed by atoms with Crippen molar-refractivity contribution in [3.05, 3.63) is 23.8 Å². The van der Waals surface area contributed by atoms with Crippen LogP contribution in [0.15, 0.2) is 18.2 Å². The number of aryl methyl sites for hydroxylation is 1. The van der Waals surface area contributed by atoms with E-state index >= 15 is 0 Å². The standard InChI is InChI=1S/C17H27NO2/c1-3-6-15(18-4-2)9-7-14-8-10-16-17(13-14)20-12-5-11-19-16/h8,10,13,15,18H,3-7,9,11-12H2,1-2H3. The largest absolute Gasteiger partial charge is 0.490 e. The third-order valence-corrected chi connectivity index (χ3v) is 3.72. The third-order valence-electron chi connectivity index (χ3n) is 3.72. The van der Waals surface area contributed by atoms with Crippen LogP contribution >= 0.6 is 0 Å². The molecule has 1 atom stereocenters. The van der Waals surface area contributed by atoms with Crippen LogP contribution in [0.5, 0.6) is 11.5 Å². The molecule has 0 spiro atoms. The molecule has 112 valence electrons. The Morgan fingerprint density at radius 2 is 1.90 bits per heavy atom. The zero-order chi connectivity index (χ0) is 14.2. The quantitative estimate of drug-likeness (QED) is 0.826. The van der Waals surface area contributed by atoms with Crippen LogP contribution in [0.4, 0.5) is 0 Å². The van der Waals surface area contributed by atoms with Crippen molar-refractivity contribution >= 4 is 0 Å². The van der Waals surface area contributed by atoms with Crippen LogP contribution in [0.3, 0.4) is 0 Å². The fourth-order valence-electron chi connectivity index (χ4n) is 2.69. The summed E-state index contributed by atoms with van der Waals surface area (Å²) in [4.78, 5) is 0. The van der Waals surface area contributed by atoms with Crippen LogP contribution in [0.2, 0.25) is 0 Å². The Morgan fingerprint density at radius 3 is 2.65 bits per heavy atom. The van der Waals surface area contributed by atoms with Gasteiger partial charge in [-0.3, -0.25) is 0 Å². The molecular formula is C17H27NO2. The number of nitrogens with one attached hydrogen (secondary N) is 1. The topological polar surface area (TPSA) is 30.5 Å². The fraction of sp³-hybridized carbons (Fsp3) is 0.647. The van der Waals surface area contributed by atoms with E-state index in [-0.39, 0.29) is 0 Å². The summed E-state index contributed by atoms with van der Waals surface area (Å²) in [5.74, 6) is 1.80. The fourth-order valence-corrected chi connectivity index (χ4v) is 2.69. The first kappa shape index (κ1) is 15.2. The molecular weight excluding hydrogens is 250 g/mol. The van der Waals surface area contributed by atoms with E-state index in [4.69, 9.17) is 9.47 Å². The summed E-state index contributed by atoms with van der Waals surface area (Å²) >= 11 is 0. The number of ether oxygens (including phenoxy) is 2. The van der Waals surface area contributed by atoms with Crippen molar-refractivity contribution < 1.29 is 9.47 Å². The SMILES string of the molecule is CCCC(CCc1ccc2c(c1)OCCCO2)NCC. The number of fused-ring (bicyclic) bond motifs is 1. The minimum absolute atomic E-state index is 0.626. The number of rotatable bonds is 7. The lowest BCUT2D eigenvalue weighted by Crippen LogP contribution is -2.29. The molecule has 1 aliphatic rings. The number of hydrogen-bond donors (Lipinski definition) is 1. The molecule has 0 aliphatic carbocycles. The Balaban J connectivity index is 1.93. The maximum Gasteiger partial charge on any atom is 0.161 e. The molecule has 3 nitrogen and oxygen atoms in total. The maximum absolute atomic E-state index is 5.75. The van der Waals surface area contributed by atoms with E-state index in [9.17, 15) is 0 Å². The highest BCUT2D eigenvalue weighted by molar-refractivity contribution is 5.43. The molecule has 0 aromatic heterocycles. The van der Waals surface area contributed by atoms with Crippen molar-refractivity contribution in [2.75, 3.05) is 19.8 Å². The minimum atomic E-state index is 0.626. The summed E-state index contributed by atoms with van der Waals surface area (Å²) < 4.78 is 11.4. The van der Waals surface area contributed by atoms with E-state index in [1.807, 2.05) is 0 Å². The molecule has 0 bridgehead atoms. The Kier molecular flexibility index (Phi) is 6.19. The summed E-state index contributed by atoms with van der Waals surface area (Å²) in [5, 5.41) is 3.57. The van der Waals surface area contributed by atoms with Crippen LogP contribution in [0.1, 0.15) is 45.1 Å². The maximum atomic E-state index is 5.75. The van der Waals surface area contributed by atoms with Crippen LogP contribution in [-0.2, 0) is 6.42 Å². The lowest BCUT2D eigenvalue weighted by molar-refractivity contribution is 0.297. The van der Waals surface area contributed by atoms with Crippen LogP contribution < -0.4 is 14.8 Å². The van der Waals surface area contributed by atoms with E-state index in [1.54, 1.807) is 0 Å². The minimum Gasteiger partial charge on any atom is -0.490 e. The van der Waals surface area contributed by atoms with Gasteiger partial charge in [-0.25, -0.2) is 0 Å². The van der Waals surface area contributed by atoms with E-state index in [0.29, 0.717) is 6.04 Å². The molecule has 1 N–H and O–H groups in total. The summed E-state index contributed by atoms with van der Waals surface area (Å²) in [7, 11) is 0. The Morgan fingerprint density at radius 1 is 1.10 bits per heavy atom. The summed E-state index contributed by atoms with van der Waals surface area (Å²) in [6.45, 7) is 6.98. The number of hydrogen-bond acceptors (Lipinski definition) is 3. The van der Waals surface area contributed by atoms with Crippen molar-refractivity contribution in [1.82, 2.24) is 5.32 Å². The average Bonchev–Trinajstić information content (AvgIpc) is 2.70. The molecule has 1 aromatic carbocycles. The first-order valence-electron chi connectivity index (χ1n) is 7.95. The predicted molar refractivity (Wildman–Crippen MR) is 82.7 cm³/mol. The van der Waals surface area contributed by atoms with Crippen LogP contribution in [0, 0.1) is 0 Å². The lowest BCUT2D eigenvalue weighted by atomic mass is 10.0. The second-order valence-electron chi connectivity index (χ2n) is 5.41. The molecule has 0 fully saturated rings. The molecule has 0 radical (unpaired) electrons. The van der Waals surface area contributed by atoms with Gasteiger partial charge in [0.15, 0.2) is 11.5 Å². The summed E-state index contributed by atoms with van der Waals surface area (Å²) in [6.07, 6.45) is 5.72. The van der Waals surface area contributed by atoms with Gasteiger partial charge in [0.25, 0.3) is 0 Å². The monoisotopic (exact) mass is 277 g/mol. The first-order chi connectivity index (χ1) is 9.83. The second-order valence-corrected chi connectivity index (χ2v) is 5.41. The van der Waals surface area contributed by atoms with Gasteiger partial charge >= 0.3 is 0 Å². The molecule has 2 rings (SSSR count). The lowest BCUT2D eigenvalue weighted by Gasteiger charge is -2.17. The molecule has 1 aromatic rings. The molecule has 1 heterocycles. The van der Waals surface area contributed by atoms with Gasteiger partial charge in [-0.2, -0.15) is 0 Å². The normalized spacial score (nSPS) is 15.7. The highest BCUT2D eigenvalue weighted by atomic mass is 16.5. The summed E-state index contributed by atoms with van der Waals surface area (Å²) in [6, 6.07) is 7.00. The van der Waals surface area contributed by atoms with Gasteiger partial charge in [-0.1, -0.05) is 26.3 Å². The predicted octanol–water partition coefficient (Wildman–Crippen LogP) is 3.56. The smallest absolute Gasteiger partial charge is 0.161 e. The van der Waals surface area contributed by atoms with Gasteiger partial charge in [-0.15, -0.1) is 0 Å². The van der Waals surface area contributed by atoms with Crippen molar-refractivity contribution in [1.29, 1.82) is 0 Å². The van der Waals surface area contributed by atoms with Gasteiger partial charge in [0.1, 0.15) is 0 Å². The first-order valence-corrected chi connectivity index (χ1v) is 7.95. The Bertz CT molecular complexity index is 400. The zero-order valence-electron chi connectivity index (χ0n) is 12.8. The van der Waals surface area contributed by atoms with Crippen molar-refractivity contribution in [2.24, 2.45) is 0 Å². The van der Waals surface area contributed by atoms with Gasteiger partial charge in [-0.05, 0) is 43.5 Å². The van der Waals surface area contributed by atoms with E-state index in [1.165, 1.54) is 24.8 Å². The molecule has 0 amide bonds. The van der Waals surface area contributed by atoms with Crippen molar-refractivity contribution in [2.45, 2.75) is 52.0 Å². The molecule has 0 saturated heterocycles. The average molecular weight is 277 g/mol. The van der Waals surface area contributed by atoms with Crippen LogP contribution in [-0.4, -0.2) is 25.8 Å². The van der Waals surface area contributed by atoms with Crippen molar-refractivity contribution in [3.63, 3.8) is 0 Å². The van der Waals surface area contributed by atoms with Gasteiger partial charge in [0.2, 0.25) is 0 Å². The molecule has 0 saturated carbocycles. The second kappa shape index (κ2) is 8.15. The van der Waals surface area contributed by atoms with Gasteiger partial charge in [0.05, 0.1) is 13.2 Å². The zero-order valence-corrected chi connectivity index (χ0v) is 12.8. The van der Waals surface area contributed by atoms with Crippen molar-refractivity contribution in [3.8, 4) is 11.5 Å².